The van der Waals surface area contributed by atoms with Gasteiger partial charge in [0.2, 0.25) is 0 Å². The molecule has 0 aromatic carbocycles. The van der Waals surface area contributed by atoms with Crippen LogP contribution in [0.1, 0.15) is 0 Å². The number of aromatic amines is 4. The maximum absolute atomic E-state index is 11.4. The molecule has 306 valence electrons. The molecule has 27 heteroatoms. The monoisotopic (exact) mass is 798 g/mol. The molecule has 0 unspecified atom stereocenters. The minimum atomic E-state index is -0.448. The predicted octanol–water partition coefficient (Wildman–Crippen LogP) is -6.08. The van der Waals surface area contributed by atoms with Crippen molar-refractivity contribution in [3.8, 4) is 0 Å². The van der Waals surface area contributed by atoms with Crippen molar-refractivity contribution in [1.82, 2.24) is 76.4 Å². The highest BCUT2D eigenvalue weighted by molar-refractivity contribution is 5.70. The minimum Gasteiger partial charge on any atom is -0.412 e. The summed E-state index contributed by atoms with van der Waals surface area (Å²) < 4.78 is 9.99. The van der Waals surface area contributed by atoms with Gasteiger partial charge in [0.05, 0.1) is 25.3 Å². The van der Waals surface area contributed by atoms with E-state index in [-0.39, 0.29) is 39.2 Å². The molecule has 0 radical (unpaired) electrons. The number of H-pyrrole nitrogens is 4. The second-order valence-electron chi connectivity index (χ2n) is 11.8. The summed E-state index contributed by atoms with van der Waals surface area (Å²) in [6.07, 6.45) is 5.68. The van der Waals surface area contributed by atoms with Gasteiger partial charge in [0.1, 0.15) is 16.6 Å². The van der Waals surface area contributed by atoms with Crippen LogP contribution >= 0.6 is 0 Å². The van der Waals surface area contributed by atoms with E-state index in [0.29, 0.717) is 57.7 Å². The van der Waals surface area contributed by atoms with E-state index >= 15 is 0 Å². The maximum Gasteiger partial charge on any atom is 0.332 e. The van der Waals surface area contributed by atoms with Gasteiger partial charge in [0, 0.05) is 69.5 Å². The lowest BCUT2D eigenvalue weighted by Gasteiger charge is -2.00. The van der Waals surface area contributed by atoms with E-state index in [1.165, 1.54) is 64.7 Å². The van der Waals surface area contributed by atoms with Crippen LogP contribution in [-0.4, -0.2) is 95.0 Å². The van der Waals surface area contributed by atoms with Crippen molar-refractivity contribution in [3.05, 3.63) is 109 Å². The summed E-state index contributed by atoms with van der Waals surface area (Å²) in [6.45, 7) is 1.19. The van der Waals surface area contributed by atoms with Gasteiger partial charge in [-0.3, -0.25) is 56.1 Å². The first-order valence-corrected chi connectivity index (χ1v) is 16.2. The van der Waals surface area contributed by atoms with Crippen LogP contribution in [0.3, 0.4) is 0 Å². The molecule has 0 bridgehead atoms. The van der Waals surface area contributed by atoms with Gasteiger partial charge in [0.25, 0.3) is 22.2 Å². The highest BCUT2D eigenvalue weighted by Crippen LogP contribution is 2.01. The van der Waals surface area contributed by atoms with Gasteiger partial charge in [-0.25, -0.2) is 39.1 Å². The van der Waals surface area contributed by atoms with Crippen LogP contribution in [0.25, 0.3) is 44.7 Å². The Balaban J connectivity index is 0.000000196. The van der Waals surface area contributed by atoms with E-state index in [0.717, 1.165) is 13.7 Å². The number of nitrogens with zero attached hydrogens (tertiary/aromatic N) is 12. The summed E-state index contributed by atoms with van der Waals surface area (Å²) in [5, 5.41) is 0. The van der Waals surface area contributed by atoms with Crippen LogP contribution in [0.2, 0.25) is 0 Å². The van der Waals surface area contributed by atoms with E-state index in [9.17, 15) is 38.4 Å². The van der Waals surface area contributed by atoms with E-state index < -0.39 is 11.2 Å². The highest BCUT2D eigenvalue weighted by Gasteiger charge is 2.11. The van der Waals surface area contributed by atoms with Crippen molar-refractivity contribution in [2.45, 2.75) is 0 Å². The number of fused-ring (bicyclic) bond motifs is 4. The number of hydrogen-bond acceptors (Lipinski definition) is 14. The van der Waals surface area contributed by atoms with E-state index in [1.54, 1.807) is 39.8 Å². The van der Waals surface area contributed by atoms with E-state index in [2.05, 4.69) is 39.9 Å². The maximum atomic E-state index is 11.4. The van der Waals surface area contributed by atoms with Gasteiger partial charge in [-0.1, -0.05) is 0 Å². The van der Waals surface area contributed by atoms with Crippen molar-refractivity contribution in [1.29, 1.82) is 0 Å². The molecule has 0 amide bonds. The smallest absolute Gasteiger partial charge is 0.332 e. The van der Waals surface area contributed by atoms with Crippen LogP contribution in [0.4, 0.5) is 0 Å². The fraction of sp³-hybridized carbons (Fsp3) is 0.333. The fourth-order valence-corrected chi connectivity index (χ4v) is 5.07. The number of hydrogen-bond donors (Lipinski definition) is 6. The Labute approximate surface area is 316 Å². The third kappa shape index (κ3) is 8.28. The number of nitrogens with one attached hydrogen (secondary N) is 4. The van der Waals surface area contributed by atoms with Crippen LogP contribution in [-0.2, 0) is 56.4 Å². The first-order valence-electron chi connectivity index (χ1n) is 16.2. The molecule has 8 aromatic rings. The van der Waals surface area contributed by atoms with Gasteiger partial charge in [-0.05, 0) is 0 Å². The SMILES string of the molecule is Cn1c(=O)c2[nH]cnc2n(C)c1=O.Cn1c(=O)c2[nH]cnc2n(C)c1=O.Cn1c(=O)c2[nH]cnc2n(C)c1=O.Cn1cnc2c1c(=O)[nH]c(=O)n2C.NCCN.O. The average Bonchev–Trinajstić information content (AvgIpc) is 4.03. The van der Waals surface area contributed by atoms with Crippen molar-refractivity contribution >= 4 is 44.7 Å². The first kappa shape index (κ1) is 43.9. The quantitative estimate of drug-likeness (QED) is 0.0901. The number of nitrogens with two attached hydrogens (primary N) is 2. The fourth-order valence-electron chi connectivity index (χ4n) is 5.07. The Morgan fingerprint density at radius 3 is 1.14 bits per heavy atom. The molecule has 0 aliphatic rings. The summed E-state index contributed by atoms with van der Waals surface area (Å²) in [6, 6.07) is 0. The molecule has 8 rings (SSSR count). The largest absolute Gasteiger partial charge is 0.412 e. The zero-order valence-corrected chi connectivity index (χ0v) is 32.0. The summed E-state index contributed by atoms with van der Waals surface area (Å²) in [5.41, 5.74) is 9.79. The lowest BCUT2D eigenvalue weighted by Crippen LogP contribution is -2.36. The predicted molar refractivity (Wildman–Crippen MR) is 208 cm³/mol. The van der Waals surface area contributed by atoms with Gasteiger partial charge in [-0.2, -0.15) is 0 Å². The molecule has 0 aliphatic heterocycles. The minimum absolute atomic E-state index is 0. The van der Waals surface area contributed by atoms with Crippen LogP contribution < -0.4 is 56.5 Å². The topological polar surface area (TPSA) is 374 Å². The third-order valence-corrected chi connectivity index (χ3v) is 8.23. The molecule has 57 heavy (non-hydrogen) atoms. The number of imidazole rings is 4. The Morgan fingerprint density at radius 2 is 0.825 bits per heavy atom. The van der Waals surface area contributed by atoms with E-state index in [1.807, 2.05) is 0 Å². The molecule has 0 fully saturated rings. The number of aromatic nitrogens is 16. The van der Waals surface area contributed by atoms with Crippen molar-refractivity contribution in [3.63, 3.8) is 0 Å². The molecule has 10 N–H and O–H groups in total. The normalized spacial score (nSPS) is 10.5. The molecule has 0 atom stereocenters. The van der Waals surface area contributed by atoms with Crippen LogP contribution in [0.5, 0.6) is 0 Å². The van der Waals surface area contributed by atoms with Crippen molar-refractivity contribution < 1.29 is 5.48 Å². The molecule has 8 heterocycles. The second-order valence-corrected chi connectivity index (χ2v) is 11.8. The van der Waals surface area contributed by atoms with Crippen LogP contribution in [0, 0.1) is 0 Å². The molecule has 0 saturated carbocycles. The summed E-state index contributed by atoms with van der Waals surface area (Å²) >= 11 is 0. The van der Waals surface area contributed by atoms with Crippen molar-refractivity contribution in [2.24, 2.45) is 67.8 Å². The lowest BCUT2D eigenvalue weighted by molar-refractivity contribution is 0.709. The first-order chi connectivity index (χ1) is 26.4. The lowest BCUT2D eigenvalue weighted by atomic mass is 10.5. The molecular formula is C30H42N18O9. The third-order valence-electron chi connectivity index (χ3n) is 8.23. The molecule has 0 spiro atoms. The standard InChI is InChI=1S/4C7H8N4O2.C2H8N2.H2O/c1-10-3-8-5-4(10)6(12)9-7(13)11(5)2;3*1-10-5-4(8-3-9-5)6(12)11(2)7(10)13;3-1-2-4;/h3H,1-2H3,(H,9,12,13);3*3H,1-2H3,(H,8,9);1-4H2;1H2. The molecule has 0 aliphatic carbocycles. The molecular weight excluding hydrogens is 756 g/mol. The second kappa shape index (κ2) is 17.7. The summed E-state index contributed by atoms with van der Waals surface area (Å²) in [5.74, 6) is 0. The van der Waals surface area contributed by atoms with Gasteiger partial charge < -0.3 is 36.5 Å². The number of rotatable bonds is 1. The van der Waals surface area contributed by atoms with Gasteiger partial charge >= 0.3 is 22.8 Å². The van der Waals surface area contributed by atoms with Crippen LogP contribution in [0.15, 0.2) is 63.7 Å². The zero-order valence-electron chi connectivity index (χ0n) is 32.0. The Kier molecular flexibility index (Phi) is 13.7. The molecule has 0 saturated heterocycles. The Bertz CT molecular complexity index is 2940. The summed E-state index contributed by atoms with van der Waals surface area (Å²) in [7, 11) is 12.3. The van der Waals surface area contributed by atoms with E-state index in [4.69, 9.17) is 11.5 Å². The Hall–Kier alpha value is -7.52. The van der Waals surface area contributed by atoms with Crippen molar-refractivity contribution in [2.75, 3.05) is 13.1 Å². The highest BCUT2D eigenvalue weighted by atomic mass is 16.2. The number of aryl methyl sites for hydroxylation is 5. The summed E-state index contributed by atoms with van der Waals surface area (Å²) in [4.78, 5) is 117. The average molecular weight is 799 g/mol. The van der Waals surface area contributed by atoms with Gasteiger partial charge in [-0.15, -0.1) is 0 Å². The van der Waals surface area contributed by atoms with Gasteiger partial charge in [0.15, 0.2) is 28.1 Å². The Morgan fingerprint density at radius 1 is 0.491 bits per heavy atom. The molecule has 8 aromatic heterocycles. The molecule has 27 nitrogen and oxygen atoms in total. The zero-order chi connectivity index (χ0) is 41.8.